The SMILES string of the molecule is COC(=O)c1ccccc1Nc1nc(Nc2cccc(C)c2)nc(Nc2ccccc2C(=O)OC)n1. The molecule has 0 aliphatic carbocycles. The minimum Gasteiger partial charge on any atom is -0.465 e. The summed E-state index contributed by atoms with van der Waals surface area (Å²) in [5, 5.41) is 9.30. The molecule has 1 aromatic heterocycles. The molecule has 3 N–H and O–H groups in total. The van der Waals surface area contributed by atoms with Crippen LogP contribution in [0.1, 0.15) is 26.3 Å². The number of benzene rings is 3. The van der Waals surface area contributed by atoms with Crippen LogP contribution in [0.5, 0.6) is 0 Å². The Labute approximate surface area is 207 Å². The molecule has 4 rings (SSSR count). The Kier molecular flexibility index (Phi) is 7.35. The lowest BCUT2D eigenvalue weighted by atomic mass is 10.2. The Bertz CT molecular complexity index is 1330. The van der Waals surface area contributed by atoms with E-state index in [1.807, 2.05) is 31.2 Å². The van der Waals surface area contributed by atoms with Gasteiger partial charge in [0.2, 0.25) is 17.8 Å². The molecule has 0 unspecified atom stereocenters. The molecule has 0 amide bonds. The first kappa shape index (κ1) is 24.1. The van der Waals surface area contributed by atoms with Gasteiger partial charge in [-0.25, -0.2) is 9.59 Å². The zero-order valence-electron chi connectivity index (χ0n) is 19.9. The van der Waals surface area contributed by atoms with E-state index >= 15 is 0 Å². The fourth-order valence-electron chi connectivity index (χ4n) is 3.40. The van der Waals surface area contributed by atoms with Gasteiger partial charge in [0.25, 0.3) is 0 Å². The summed E-state index contributed by atoms with van der Waals surface area (Å²) < 4.78 is 9.75. The van der Waals surface area contributed by atoms with Crippen molar-refractivity contribution in [1.82, 2.24) is 15.0 Å². The summed E-state index contributed by atoms with van der Waals surface area (Å²) in [6.07, 6.45) is 0. The van der Waals surface area contributed by atoms with Gasteiger partial charge in [-0.05, 0) is 48.9 Å². The first-order valence-corrected chi connectivity index (χ1v) is 11.0. The number of para-hydroxylation sites is 2. The number of anilines is 6. The second kappa shape index (κ2) is 11.0. The molecule has 36 heavy (non-hydrogen) atoms. The van der Waals surface area contributed by atoms with Gasteiger partial charge in [-0.15, -0.1) is 0 Å². The summed E-state index contributed by atoms with van der Waals surface area (Å²) in [5.74, 6) is -0.443. The number of carbonyl (C=O) groups excluding carboxylic acids is 2. The van der Waals surface area contributed by atoms with Crippen molar-refractivity contribution < 1.29 is 19.1 Å². The number of methoxy groups -OCH3 is 2. The van der Waals surface area contributed by atoms with E-state index in [9.17, 15) is 9.59 Å². The minimum atomic E-state index is -0.504. The molecule has 10 nitrogen and oxygen atoms in total. The number of carbonyl (C=O) groups is 2. The second-order valence-electron chi connectivity index (χ2n) is 7.63. The van der Waals surface area contributed by atoms with Crippen molar-refractivity contribution >= 4 is 46.8 Å². The van der Waals surface area contributed by atoms with E-state index in [1.54, 1.807) is 48.5 Å². The van der Waals surface area contributed by atoms with Crippen LogP contribution in [0.2, 0.25) is 0 Å². The van der Waals surface area contributed by atoms with Crippen LogP contribution in [0.15, 0.2) is 72.8 Å². The molecule has 0 spiro atoms. The van der Waals surface area contributed by atoms with E-state index in [4.69, 9.17) is 9.47 Å². The molecule has 0 radical (unpaired) electrons. The van der Waals surface area contributed by atoms with E-state index in [0.29, 0.717) is 22.5 Å². The van der Waals surface area contributed by atoms with Crippen molar-refractivity contribution in [2.75, 3.05) is 30.2 Å². The van der Waals surface area contributed by atoms with Crippen LogP contribution in [0.25, 0.3) is 0 Å². The maximum absolute atomic E-state index is 12.2. The van der Waals surface area contributed by atoms with Gasteiger partial charge in [-0.2, -0.15) is 15.0 Å². The zero-order chi connectivity index (χ0) is 25.5. The first-order chi connectivity index (χ1) is 17.5. The van der Waals surface area contributed by atoms with Crippen LogP contribution in [-0.4, -0.2) is 41.1 Å². The standard InChI is InChI=1S/C26H24N6O4/c1-16-9-8-10-17(15-16)27-24-30-25(28-20-13-6-4-11-18(20)22(33)35-2)32-26(31-24)29-21-14-7-5-12-19(21)23(34)36-3/h4-15H,1-3H3,(H3,27,28,29,30,31,32). The highest BCUT2D eigenvalue weighted by Gasteiger charge is 2.16. The van der Waals surface area contributed by atoms with Gasteiger partial charge >= 0.3 is 11.9 Å². The number of hydrogen-bond donors (Lipinski definition) is 3. The second-order valence-corrected chi connectivity index (χ2v) is 7.63. The molecule has 0 aliphatic rings. The smallest absolute Gasteiger partial charge is 0.339 e. The monoisotopic (exact) mass is 484 g/mol. The number of aryl methyl sites for hydroxylation is 1. The largest absolute Gasteiger partial charge is 0.465 e. The third-order valence-electron chi connectivity index (χ3n) is 5.07. The van der Waals surface area contributed by atoms with E-state index < -0.39 is 11.9 Å². The number of nitrogens with zero attached hydrogens (tertiary/aromatic N) is 3. The highest BCUT2D eigenvalue weighted by molar-refractivity contribution is 5.97. The summed E-state index contributed by atoms with van der Waals surface area (Å²) in [5.41, 5.74) is 3.39. The summed E-state index contributed by atoms with van der Waals surface area (Å²) in [7, 11) is 2.62. The van der Waals surface area contributed by atoms with Crippen LogP contribution in [0, 0.1) is 6.92 Å². The Morgan fingerprint density at radius 2 is 1.11 bits per heavy atom. The average Bonchev–Trinajstić information content (AvgIpc) is 2.88. The van der Waals surface area contributed by atoms with Gasteiger partial charge < -0.3 is 25.4 Å². The van der Waals surface area contributed by atoms with Gasteiger partial charge in [0.15, 0.2) is 0 Å². The normalized spacial score (nSPS) is 10.3. The summed E-state index contributed by atoms with van der Waals surface area (Å²) >= 11 is 0. The highest BCUT2D eigenvalue weighted by atomic mass is 16.5. The lowest BCUT2D eigenvalue weighted by molar-refractivity contribution is 0.0593. The van der Waals surface area contributed by atoms with Crippen molar-refractivity contribution in [3.8, 4) is 0 Å². The Morgan fingerprint density at radius 1 is 0.639 bits per heavy atom. The quantitative estimate of drug-likeness (QED) is 0.295. The number of aromatic nitrogens is 3. The van der Waals surface area contributed by atoms with Crippen LogP contribution < -0.4 is 16.0 Å². The van der Waals surface area contributed by atoms with Gasteiger partial charge in [0, 0.05) is 5.69 Å². The molecule has 0 bridgehead atoms. The molecule has 0 fully saturated rings. The van der Waals surface area contributed by atoms with Crippen LogP contribution in [-0.2, 0) is 9.47 Å². The van der Waals surface area contributed by atoms with Gasteiger partial charge in [-0.1, -0.05) is 36.4 Å². The van der Waals surface area contributed by atoms with Gasteiger partial charge in [0.05, 0.1) is 36.7 Å². The molecule has 0 aliphatic heterocycles. The van der Waals surface area contributed by atoms with Gasteiger partial charge in [0.1, 0.15) is 0 Å². The van der Waals surface area contributed by atoms with E-state index in [0.717, 1.165) is 11.3 Å². The van der Waals surface area contributed by atoms with Crippen molar-refractivity contribution in [2.45, 2.75) is 6.92 Å². The number of esters is 2. The summed E-state index contributed by atoms with van der Waals surface area (Å²) in [4.78, 5) is 37.8. The van der Waals surface area contributed by atoms with E-state index in [-0.39, 0.29) is 17.8 Å². The Morgan fingerprint density at radius 3 is 1.58 bits per heavy atom. The molecule has 1 heterocycles. The Hall–Kier alpha value is -4.99. The van der Waals surface area contributed by atoms with Crippen molar-refractivity contribution in [3.63, 3.8) is 0 Å². The minimum absolute atomic E-state index is 0.162. The third kappa shape index (κ3) is 5.73. The average molecular weight is 485 g/mol. The molecular weight excluding hydrogens is 460 g/mol. The number of nitrogens with one attached hydrogen (secondary N) is 3. The molecule has 3 aromatic carbocycles. The maximum Gasteiger partial charge on any atom is 0.339 e. The van der Waals surface area contributed by atoms with Gasteiger partial charge in [-0.3, -0.25) is 0 Å². The first-order valence-electron chi connectivity index (χ1n) is 11.0. The van der Waals surface area contributed by atoms with E-state index in [1.165, 1.54) is 14.2 Å². The molecule has 182 valence electrons. The topological polar surface area (TPSA) is 127 Å². The fourth-order valence-corrected chi connectivity index (χ4v) is 3.40. The van der Waals surface area contributed by atoms with Crippen molar-refractivity contribution in [3.05, 3.63) is 89.5 Å². The molecular formula is C26H24N6O4. The maximum atomic E-state index is 12.2. The van der Waals surface area contributed by atoms with Crippen LogP contribution >= 0.6 is 0 Å². The fraction of sp³-hybridized carbons (Fsp3) is 0.115. The molecule has 0 saturated carbocycles. The highest BCUT2D eigenvalue weighted by Crippen LogP contribution is 2.25. The lowest BCUT2D eigenvalue weighted by Crippen LogP contribution is -2.11. The number of ether oxygens (including phenoxy) is 2. The zero-order valence-corrected chi connectivity index (χ0v) is 19.9. The van der Waals surface area contributed by atoms with Crippen LogP contribution in [0.3, 0.4) is 0 Å². The van der Waals surface area contributed by atoms with Crippen molar-refractivity contribution in [1.29, 1.82) is 0 Å². The molecule has 10 heteroatoms. The molecule has 4 aromatic rings. The van der Waals surface area contributed by atoms with Crippen molar-refractivity contribution in [2.24, 2.45) is 0 Å². The predicted octanol–water partition coefficient (Wildman–Crippen LogP) is 4.98. The lowest BCUT2D eigenvalue weighted by Gasteiger charge is -2.14. The number of rotatable bonds is 8. The van der Waals surface area contributed by atoms with Crippen LogP contribution in [0.4, 0.5) is 34.9 Å². The summed E-state index contributed by atoms with van der Waals surface area (Å²) in [6, 6.07) is 21.4. The predicted molar refractivity (Wildman–Crippen MR) is 136 cm³/mol. The molecule has 0 atom stereocenters. The summed E-state index contributed by atoms with van der Waals surface area (Å²) in [6.45, 7) is 1.98. The Balaban J connectivity index is 1.73. The third-order valence-corrected chi connectivity index (χ3v) is 5.07. The van der Waals surface area contributed by atoms with E-state index in [2.05, 4.69) is 30.9 Å². The number of hydrogen-bond acceptors (Lipinski definition) is 10. The molecule has 0 saturated heterocycles.